The van der Waals surface area contributed by atoms with Crippen LogP contribution in [0.3, 0.4) is 0 Å². The van der Waals surface area contributed by atoms with Gasteiger partial charge in [-0.1, -0.05) is 13.0 Å². The zero-order chi connectivity index (χ0) is 4.41. The van der Waals surface area contributed by atoms with Crippen molar-refractivity contribution in [3.8, 4) is 0 Å². The number of hydrogen-bond donors (Lipinski definition) is 1. The molecule has 1 aliphatic heterocycles. The molecule has 0 amide bonds. The Bertz CT molecular complexity index is 68.0. The van der Waals surface area contributed by atoms with Gasteiger partial charge in [-0.3, -0.25) is 0 Å². The Morgan fingerprint density at radius 2 is 2.67 bits per heavy atom. The van der Waals surface area contributed by atoms with E-state index in [-0.39, 0.29) is 0 Å². The molecule has 0 aromatic rings. The maximum absolute atomic E-state index is 3.10. The Balaban J connectivity index is 2.24. The molecule has 34 valence electrons. The maximum Gasteiger partial charge on any atom is 0.0542 e. The monoisotopic (exact) mass is 83.1 g/mol. The highest BCUT2D eigenvalue weighted by Crippen LogP contribution is 2.00. The minimum Gasteiger partial charge on any atom is -0.382 e. The van der Waals surface area contributed by atoms with Crippen LogP contribution in [0, 0.1) is 0 Å². The fraction of sp³-hybridized carbons (Fsp3) is 0.600. The van der Waals surface area contributed by atoms with Crippen molar-refractivity contribution in [2.24, 2.45) is 0 Å². The van der Waals surface area contributed by atoms with Crippen molar-refractivity contribution in [1.82, 2.24) is 5.32 Å². The second-order valence-electron chi connectivity index (χ2n) is 1.49. The van der Waals surface area contributed by atoms with Crippen molar-refractivity contribution < 1.29 is 0 Å². The molecule has 1 heteroatoms. The molecule has 1 saturated heterocycles. The minimum absolute atomic E-state index is 1.13. The second-order valence-corrected chi connectivity index (χ2v) is 1.49. The molecule has 1 aliphatic rings. The first kappa shape index (κ1) is 3.72. The SMILES string of the molecule is CCC=C1CN1. The molecule has 1 heterocycles. The van der Waals surface area contributed by atoms with E-state index in [2.05, 4.69) is 18.3 Å². The van der Waals surface area contributed by atoms with Crippen molar-refractivity contribution in [2.45, 2.75) is 13.3 Å². The maximum atomic E-state index is 3.10. The van der Waals surface area contributed by atoms with E-state index in [1.165, 1.54) is 12.1 Å². The van der Waals surface area contributed by atoms with E-state index in [1.807, 2.05) is 0 Å². The Labute approximate surface area is 38.1 Å². The van der Waals surface area contributed by atoms with Crippen LogP contribution in [0.5, 0.6) is 0 Å². The molecular weight excluding hydrogens is 74.1 g/mol. The zero-order valence-corrected chi connectivity index (χ0v) is 3.99. The lowest BCUT2D eigenvalue weighted by Gasteiger charge is -1.66. The van der Waals surface area contributed by atoms with Crippen molar-refractivity contribution in [1.29, 1.82) is 0 Å². The number of allylic oxidation sites excluding steroid dienone is 1. The predicted octanol–water partition coefficient (Wildman–Crippen LogP) is 0.883. The Hall–Kier alpha value is -0.460. The van der Waals surface area contributed by atoms with Crippen LogP contribution in [-0.2, 0) is 0 Å². The van der Waals surface area contributed by atoms with Gasteiger partial charge in [0.15, 0.2) is 0 Å². The number of rotatable bonds is 1. The van der Waals surface area contributed by atoms with Crippen molar-refractivity contribution in [3.63, 3.8) is 0 Å². The summed E-state index contributed by atoms with van der Waals surface area (Å²) >= 11 is 0. The summed E-state index contributed by atoms with van der Waals surface area (Å²) in [6.45, 7) is 3.28. The largest absolute Gasteiger partial charge is 0.382 e. The highest BCUT2D eigenvalue weighted by molar-refractivity contribution is 5.14. The summed E-state index contributed by atoms with van der Waals surface area (Å²) in [6.07, 6.45) is 3.38. The molecule has 1 N–H and O–H groups in total. The fourth-order valence-corrected chi connectivity index (χ4v) is 0.442. The molecule has 0 atom stereocenters. The second kappa shape index (κ2) is 1.33. The smallest absolute Gasteiger partial charge is 0.0542 e. The Morgan fingerprint density at radius 1 is 2.00 bits per heavy atom. The van der Waals surface area contributed by atoms with Gasteiger partial charge >= 0.3 is 0 Å². The first-order chi connectivity index (χ1) is 2.93. The van der Waals surface area contributed by atoms with E-state index in [0.717, 1.165) is 6.54 Å². The van der Waals surface area contributed by atoms with E-state index in [9.17, 15) is 0 Å². The third-order valence-electron chi connectivity index (χ3n) is 0.831. The summed E-state index contributed by atoms with van der Waals surface area (Å²) in [6, 6.07) is 0. The van der Waals surface area contributed by atoms with Crippen LogP contribution in [0.2, 0.25) is 0 Å². The molecule has 0 spiro atoms. The van der Waals surface area contributed by atoms with Crippen LogP contribution in [0.25, 0.3) is 0 Å². The van der Waals surface area contributed by atoms with Gasteiger partial charge in [0, 0.05) is 5.70 Å². The van der Waals surface area contributed by atoms with E-state index in [1.54, 1.807) is 0 Å². The summed E-state index contributed by atoms with van der Waals surface area (Å²) in [5, 5.41) is 3.10. The Morgan fingerprint density at radius 3 is 2.83 bits per heavy atom. The quantitative estimate of drug-likeness (QED) is 0.467. The highest BCUT2D eigenvalue weighted by atomic mass is 15.0. The average Bonchev–Trinajstić information content (AvgIpc) is 2.21. The van der Waals surface area contributed by atoms with Gasteiger partial charge in [-0.05, 0) is 6.42 Å². The molecule has 6 heavy (non-hydrogen) atoms. The first-order valence-corrected chi connectivity index (χ1v) is 2.36. The fourth-order valence-electron chi connectivity index (χ4n) is 0.442. The summed E-state index contributed by atoms with van der Waals surface area (Å²) < 4.78 is 0. The number of nitrogens with one attached hydrogen (secondary N) is 1. The van der Waals surface area contributed by atoms with Gasteiger partial charge in [0.05, 0.1) is 6.54 Å². The molecule has 1 rings (SSSR count). The average molecular weight is 83.1 g/mol. The summed E-state index contributed by atoms with van der Waals surface area (Å²) in [7, 11) is 0. The van der Waals surface area contributed by atoms with Crippen molar-refractivity contribution in [2.75, 3.05) is 6.54 Å². The highest BCUT2D eigenvalue weighted by Gasteiger charge is 2.04. The van der Waals surface area contributed by atoms with Crippen LogP contribution in [0.1, 0.15) is 13.3 Å². The van der Waals surface area contributed by atoms with Crippen LogP contribution in [-0.4, -0.2) is 6.54 Å². The molecule has 0 aromatic carbocycles. The molecule has 0 unspecified atom stereocenters. The minimum atomic E-state index is 1.13. The van der Waals surface area contributed by atoms with Crippen LogP contribution < -0.4 is 5.32 Å². The lowest BCUT2D eigenvalue weighted by atomic mass is 10.4. The van der Waals surface area contributed by atoms with Crippen molar-refractivity contribution in [3.05, 3.63) is 11.8 Å². The summed E-state index contributed by atoms with van der Waals surface area (Å²) in [5.41, 5.74) is 1.41. The predicted molar refractivity (Wildman–Crippen MR) is 26.4 cm³/mol. The van der Waals surface area contributed by atoms with Crippen LogP contribution >= 0.6 is 0 Å². The van der Waals surface area contributed by atoms with Crippen LogP contribution in [0.4, 0.5) is 0 Å². The molecule has 0 bridgehead atoms. The topological polar surface area (TPSA) is 21.9 Å². The standard InChI is InChI=1S/C5H9N/c1-2-3-5-4-6-5/h3,6H,2,4H2,1H3. The summed E-state index contributed by atoms with van der Waals surface area (Å²) in [5.74, 6) is 0. The number of hydrogen-bond acceptors (Lipinski definition) is 1. The van der Waals surface area contributed by atoms with Gasteiger partial charge in [-0.2, -0.15) is 0 Å². The Kier molecular flexibility index (Phi) is 0.825. The molecule has 0 aromatic heterocycles. The zero-order valence-electron chi connectivity index (χ0n) is 3.99. The molecule has 0 radical (unpaired) electrons. The lowest BCUT2D eigenvalue weighted by Crippen LogP contribution is -1.60. The summed E-state index contributed by atoms with van der Waals surface area (Å²) in [4.78, 5) is 0. The van der Waals surface area contributed by atoms with Crippen LogP contribution in [0.15, 0.2) is 11.8 Å². The molecule has 0 aliphatic carbocycles. The van der Waals surface area contributed by atoms with E-state index in [4.69, 9.17) is 0 Å². The third-order valence-corrected chi connectivity index (χ3v) is 0.831. The lowest BCUT2D eigenvalue weighted by molar-refractivity contribution is 1.21. The molecular formula is C5H9N. The van der Waals surface area contributed by atoms with Crippen molar-refractivity contribution >= 4 is 0 Å². The molecule has 1 fully saturated rings. The van der Waals surface area contributed by atoms with E-state index in [0.29, 0.717) is 0 Å². The van der Waals surface area contributed by atoms with Gasteiger partial charge in [-0.25, -0.2) is 0 Å². The first-order valence-electron chi connectivity index (χ1n) is 2.36. The van der Waals surface area contributed by atoms with Gasteiger partial charge in [0.1, 0.15) is 0 Å². The van der Waals surface area contributed by atoms with Gasteiger partial charge in [-0.15, -0.1) is 0 Å². The van der Waals surface area contributed by atoms with Gasteiger partial charge in [0.25, 0.3) is 0 Å². The van der Waals surface area contributed by atoms with Gasteiger partial charge in [0.2, 0.25) is 0 Å². The van der Waals surface area contributed by atoms with E-state index < -0.39 is 0 Å². The van der Waals surface area contributed by atoms with E-state index >= 15 is 0 Å². The molecule has 0 saturated carbocycles. The normalized spacial score (nSPS) is 23.8. The molecule has 1 nitrogen and oxygen atoms in total. The van der Waals surface area contributed by atoms with Gasteiger partial charge < -0.3 is 5.32 Å². The third kappa shape index (κ3) is 0.744.